The van der Waals surface area contributed by atoms with Gasteiger partial charge < -0.3 is 21.1 Å². The Bertz CT molecular complexity index is 930. The molecule has 2 aromatic carbocycles. The number of halogens is 4. The fourth-order valence-corrected chi connectivity index (χ4v) is 2.30. The predicted molar refractivity (Wildman–Crippen MR) is 96.6 cm³/mol. The maximum atomic E-state index is 12.9. The first-order valence-electron chi connectivity index (χ1n) is 8.02. The Kier molecular flexibility index (Phi) is 5.48. The first kappa shape index (κ1) is 19.2. The van der Waals surface area contributed by atoms with Crippen LogP contribution in [0.5, 0.6) is 5.75 Å². The van der Waals surface area contributed by atoms with Crippen LogP contribution in [-0.4, -0.2) is 16.3 Å². The number of benzene rings is 2. The molecule has 0 radical (unpaired) electrons. The molecule has 4 N–H and O–H groups in total. The van der Waals surface area contributed by atoms with Gasteiger partial charge in [-0.05, 0) is 42.0 Å². The number of ether oxygens (including phenoxy) is 1. The zero-order valence-corrected chi connectivity index (χ0v) is 14.3. The minimum absolute atomic E-state index is 0.222. The molecule has 0 aliphatic carbocycles. The monoisotopic (exact) mass is 393 g/mol. The van der Waals surface area contributed by atoms with E-state index in [1.165, 1.54) is 42.7 Å². The summed E-state index contributed by atoms with van der Waals surface area (Å²) in [6, 6.07) is 11.1. The van der Waals surface area contributed by atoms with Gasteiger partial charge in [0.25, 0.3) is 0 Å². The summed E-state index contributed by atoms with van der Waals surface area (Å²) in [5, 5.41) is 5.93. The van der Waals surface area contributed by atoms with Gasteiger partial charge in [0.1, 0.15) is 23.6 Å². The summed E-state index contributed by atoms with van der Waals surface area (Å²) in [7, 11) is 0. The lowest BCUT2D eigenvalue weighted by Gasteiger charge is -2.13. The number of rotatable bonds is 6. The quantitative estimate of drug-likeness (QED) is 0.537. The first-order valence-corrected chi connectivity index (χ1v) is 8.02. The second-order valence-corrected chi connectivity index (χ2v) is 5.66. The van der Waals surface area contributed by atoms with E-state index in [0.717, 1.165) is 5.56 Å². The van der Waals surface area contributed by atoms with Crippen molar-refractivity contribution >= 4 is 23.0 Å². The summed E-state index contributed by atoms with van der Waals surface area (Å²) in [5.41, 5.74) is 7.56. The summed E-state index contributed by atoms with van der Waals surface area (Å²) >= 11 is 0. The lowest BCUT2D eigenvalue weighted by atomic mass is 10.2. The van der Waals surface area contributed by atoms with Crippen molar-refractivity contribution in [3.63, 3.8) is 0 Å². The van der Waals surface area contributed by atoms with Crippen LogP contribution in [-0.2, 0) is 6.54 Å². The molecule has 3 aromatic rings. The Morgan fingerprint density at radius 3 is 2.21 bits per heavy atom. The number of nitrogens with zero attached hydrogens (tertiary/aromatic N) is 2. The minimum atomic E-state index is -4.75. The predicted octanol–water partition coefficient (Wildman–Crippen LogP) is 4.45. The van der Waals surface area contributed by atoms with E-state index in [2.05, 4.69) is 25.3 Å². The SMILES string of the molecule is Nc1c(NCc2ccc(F)cc2)ncnc1Nc1ccc(OC(F)(F)F)cc1. The molecule has 0 saturated heterocycles. The van der Waals surface area contributed by atoms with Crippen LogP contribution >= 0.6 is 0 Å². The van der Waals surface area contributed by atoms with E-state index in [4.69, 9.17) is 5.73 Å². The number of nitrogens with two attached hydrogens (primary N) is 1. The van der Waals surface area contributed by atoms with Crippen LogP contribution in [0.4, 0.5) is 40.6 Å². The van der Waals surface area contributed by atoms with Gasteiger partial charge in [-0.15, -0.1) is 13.2 Å². The highest BCUT2D eigenvalue weighted by Crippen LogP contribution is 2.28. The Morgan fingerprint density at radius 1 is 0.929 bits per heavy atom. The van der Waals surface area contributed by atoms with E-state index < -0.39 is 6.36 Å². The molecule has 10 heteroatoms. The number of anilines is 4. The molecule has 1 aromatic heterocycles. The Hall–Kier alpha value is -3.56. The fraction of sp³-hybridized carbons (Fsp3) is 0.111. The van der Waals surface area contributed by atoms with E-state index in [1.807, 2.05) is 0 Å². The third-order valence-corrected chi connectivity index (χ3v) is 3.61. The topological polar surface area (TPSA) is 85.1 Å². The van der Waals surface area contributed by atoms with Crippen molar-refractivity contribution in [2.45, 2.75) is 12.9 Å². The van der Waals surface area contributed by atoms with E-state index in [1.54, 1.807) is 12.1 Å². The van der Waals surface area contributed by atoms with Gasteiger partial charge in [-0.25, -0.2) is 14.4 Å². The molecule has 0 aliphatic rings. The van der Waals surface area contributed by atoms with Crippen LogP contribution in [0.1, 0.15) is 5.56 Å². The van der Waals surface area contributed by atoms with Crippen molar-refractivity contribution in [1.29, 1.82) is 0 Å². The van der Waals surface area contributed by atoms with E-state index in [-0.39, 0.29) is 23.1 Å². The van der Waals surface area contributed by atoms with Crippen molar-refractivity contribution in [3.8, 4) is 5.75 Å². The molecule has 0 unspecified atom stereocenters. The van der Waals surface area contributed by atoms with Crippen molar-refractivity contribution < 1.29 is 22.3 Å². The van der Waals surface area contributed by atoms with E-state index >= 15 is 0 Å². The molecule has 3 rings (SSSR count). The standard InChI is InChI=1S/C18H15F4N5O/c19-12-3-1-11(2-4-12)9-24-16-15(23)17(26-10-25-16)27-13-5-7-14(8-6-13)28-18(20,21)22/h1-8,10H,9,23H2,(H2,24,25,26,27). The van der Waals surface area contributed by atoms with Crippen LogP contribution in [0.3, 0.4) is 0 Å². The average molecular weight is 393 g/mol. The van der Waals surface area contributed by atoms with Gasteiger partial charge in [-0.1, -0.05) is 12.1 Å². The zero-order chi connectivity index (χ0) is 20.1. The molecular formula is C18H15F4N5O. The summed E-state index contributed by atoms with van der Waals surface area (Å²) < 4.78 is 53.4. The summed E-state index contributed by atoms with van der Waals surface area (Å²) in [6.07, 6.45) is -3.47. The Balaban J connectivity index is 1.67. The first-order chi connectivity index (χ1) is 13.3. The molecule has 0 aliphatic heterocycles. The summed E-state index contributed by atoms with van der Waals surface area (Å²) in [5.74, 6) is -0.0289. The van der Waals surface area contributed by atoms with Gasteiger partial charge >= 0.3 is 6.36 Å². The molecule has 0 bridgehead atoms. The largest absolute Gasteiger partial charge is 0.573 e. The lowest BCUT2D eigenvalue weighted by molar-refractivity contribution is -0.274. The zero-order valence-electron chi connectivity index (χ0n) is 14.3. The highest BCUT2D eigenvalue weighted by molar-refractivity contribution is 5.77. The molecule has 1 heterocycles. The van der Waals surface area contributed by atoms with Gasteiger partial charge in [-0.2, -0.15) is 0 Å². The van der Waals surface area contributed by atoms with Crippen molar-refractivity contribution in [1.82, 2.24) is 9.97 Å². The third kappa shape index (κ3) is 5.22. The van der Waals surface area contributed by atoms with Gasteiger partial charge in [0.15, 0.2) is 11.6 Å². The number of hydrogen-bond acceptors (Lipinski definition) is 6. The average Bonchev–Trinajstić information content (AvgIpc) is 2.64. The van der Waals surface area contributed by atoms with Crippen LogP contribution in [0.25, 0.3) is 0 Å². The molecule has 6 nitrogen and oxygen atoms in total. The number of alkyl halides is 3. The van der Waals surface area contributed by atoms with Gasteiger partial charge in [0, 0.05) is 12.2 Å². The van der Waals surface area contributed by atoms with Crippen LogP contribution < -0.4 is 21.1 Å². The molecule has 28 heavy (non-hydrogen) atoms. The molecule has 0 amide bonds. The minimum Gasteiger partial charge on any atom is -0.406 e. The highest BCUT2D eigenvalue weighted by Gasteiger charge is 2.30. The number of nitrogen functional groups attached to an aromatic ring is 1. The second-order valence-electron chi connectivity index (χ2n) is 5.66. The second kappa shape index (κ2) is 7.99. The number of nitrogens with one attached hydrogen (secondary N) is 2. The van der Waals surface area contributed by atoms with E-state index in [9.17, 15) is 17.6 Å². The summed E-state index contributed by atoms with van der Waals surface area (Å²) in [4.78, 5) is 8.10. The van der Waals surface area contributed by atoms with Crippen molar-refractivity contribution in [2.24, 2.45) is 0 Å². The molecule has 0 atom stereocenters. The molecule has 146 valence electrons. The smallest absolute Gasteiger partial charge is 0.406 e. The Morgan fingerprint density at radius 2 is 1.57 bits per heavy atom. The number of aromatic nitrogens is 2. The Labute approximate surface area is 157 Å². The fourth-order valence-electron chi connectivity index (χ4n) is 2.30. The summed E-state index contributed by atoms with van der Waals surface area (Å²) in [6.45, 7) is 0.365. The third-order valence-electron chi connectivity index (χ3n) is 3.61. The molecule has 0 fully saturated rings. The highest BCUT2D eigenvalue weighted by atomic mass is 19.4. The van der Waals surface area contributed by atoms with Crippen molar-refractivity contribution in [3.05, 3.63) is 66.2 Å². The maximum absolute atomic E-state index is 12.9. The molecule has 0 saturated carbocycles. The van der Waals surface area contributed by atoms with Crippen LogP contribution in [0.2, 0.25) is 0 Å². The molecular weight excluding hydrogens is 378 g/mol. The maximum Gasteiger partial charge on any atom is 0.573 e. The lowest BCUT2D eigenvalue weighted by Crippen LogP contribution is -2.17. The molecule has 0 spiro atoms. The van der Waals surface area contributed by atoms with Gasteiger partial charge in [0.2, 0.25) is 0 Å². The van der Waals surface area contributed by atoms with Gasteiger partial charge in [0.05, 0.1) is 0 Å². The van der Waals surface area contributed by atoms with Gasteiger partial charge in [-0.3, -0.25) is 0 Å². The number of hydrogen-bond donors (Lipinski definition) is 3. The van der Waals surface area contributed by atoms with E-state index in [0.29, 0.717) is 18.1 Å². The normalized spacial score (nSPS) is 11.1. The van der Waals surface area contributed by atoms with Crippen LogP contribution in [0, 0.1) is 5.82 Å². The van der Waals surface area contributed by atoms with Crippen LogP contribution in [0.15, 0.2) is 54.9 Å². The van der Waals surface area contributed by atoms with Crippen molar-refractivity contribution in [2.75, 3.05) is 16.4 Å².